The normalized spacial score (nSPS) is 26.1. The molecular formula is C28H28FN3O4. The summed E-state index contributed by atoms with van der Waals surface area (Å²) in [7, 11) is 0. The predicted molar refractivity (Wildman–Crippen MR) is 131 cm³/mol. The summed E-state index contributed by atoms with van der Waals surface area (Å²) in [6.45, 7) is 5.56. The van der Waals surface area contributed by atoms with Crippen LogP contribution in [-0.4, -0.2) is 33.7 Å². The monoisotopic (exact) mass is 489 g/mol. The lowest BCUT2D eigenvalue weighted by atomic mass is 9.64. The minimum atomic E-state index is -1.87. The quantitative estimate of drug-likeness (QED) is 0.399. The molecule has 8 heteroatoms. The van der Waals surface area contributed by atoms with Crippen LogP contribution in [0.15, 0.2) is 16.9 Å². The van der Waals surface area contributed by atoms with Gasteiger partial charge in [0.15, 0.2) is 5.60 Å². The van der Waals surface area contributed by atoms with Crippen LogP contribution in [0.2, 0.25) is 0 Å². The van der Waals surface area contributed by atoms with Crippen LogP contribution in [0.4, 0.5) is 4.39 Å². The minimum absolute atomic E-state index is 0.0909. The van der Waals surface area contributed by atoms with Crippen molar-refractivity contribution in [2.45, 2.75) is 70.1 Å². The van der Waals surface area contributed by atoms with E-state index >= 15 is 4.39 Å². The lowest BCUT2D eigenvalue weighted by molar-refractivity contribution is -0.172. The van der Waals surface area contributed by atoms with E-state index in [1.165, 1.54) is 11.6 Å². The van der Waals surface area contributed by atoms with Crippen molar-refractivity contribution in [1.82, 2.24) is 14.9 Å². The molecule has 0 bridgehead atoms. The molecule has 0 radical (unpaired) electrons. The number of nitrogens with one attached hydrogen (secondary N) is 1. The topological polar surface area (TPSA) is 93.5 Å². The van der Waals surface area contributed by atoms with Crippen molar-refractivity contribution < 1.29 is 19.0 Å². The number of rotatable bonds is 1. The molecule has 4 aliphatic rings. The van der Waals surface area contributed by atoms with E-state index in [4.69, 9.17) is 9.72 Å². The second-order valence-corrected chi connectivity index (χ2v) is 10.8. The third kappa shape index (κ3) is 2.61. The van der Waals surface area contributed by atoms with Crippen LogP contribution >= 0.6 is 0 Å². The predicted octanol–water partition coefficient (Wildman–Crippen LogP) is 3.09. The van der Waals surface area contributed by atoms with Gasteiger partial charge in [0, 0.05) is 34.5 Å². The van der Waals surface area contributed by atoms with Gasteiger partial charge >= 0.3 is 5.97 Å². The number of carbonyl (C=O) groups is 1. The SMILES string of the molecule is CC[C@@]1(O)C(=O)OCc2c1cc1n(c2=O)Cc2c-1nc1cc(F)c(C)c3c1c2C1(CCCNC1)CC3. The van der Waals surface area contributed by atoms with Crippen LogP contribution in [0.25, 0.3) is 22.3 Å². The number of pyridine rings is 2. The van der Waals surface area contributed by atoms with E-state index in [1.54, 1.807) is 17.6 Å². The van der Waals surface area contributed by atoms with Crippen LogP contribution in [0, 0.1) is 12.7 Å². The van der Waals surface area contributed by atoms with Crippen LogP contribution in [0.5, 0.6) is 0 Å². The summed E-state index contributed by atoms with van der Waals surface area (Å²) in [4.78, 5) is 31.2. The number of aromatic nitrogens is 2. The molecule has 1 saturated heterocycles. The highest BCUT2D eigenvalue weighted by Crippen LogP contribution is 2.50. The van der Waals surface area contributed by atoms with E-state index in [9.17, 15) is 14.7 Å². The number of aryl methyl sites for hydroxylation is 1. The Bertz CT molecular complexity index is 1570. The van der Waals surface area contributed by atoms with E-state index < -0.39 is 11.6 Å². The zero-order chi connectivity index (χ0) is 25.0. The summed E-state index contributed by atoms with van der Waals surface area (Å²) in [5.74, 6) is -1.01. The van der Waals surface area contributed by atoms with Crippen molar-refractivity contribution in [2.24, 2.45) is 0 Å². The number of halogens is 1. The van der Waals surface area contributed by atoms with Gasteiger partial charge in [-0.05, 0) is 68.3 Å². The van der Waals surface area contributed by atoms with Gasteiger partial charge < -0.3 is 19.7 Å². The molecule has 1 aromatic carbocycles. The largest absolute Gasteiger partial charge is 0.458 e. The average Bonchev–Trinajstić information content (AvgIpc) is 3.25. The highest BCUT2D eigenvalue weighted by atomic mass is 19.1. The molecule has 7 rings (SSSR count). The standard InChI is InChI=1S/C28H28FN3O4/c1-3-28(35)18-9-21-24-16(11-32(21)25(33)17(18)12-36-26(28)34)23-22-15(14(2)19(29)10-20(22)31-24)5-7-27(23)6-4-8-30-13-27/h9-10,30,35H,3-8,11-13H2,1-2H3/t27?,28-/m0/s1. The summed E-state index contributed by atoms with van der Waals surface area (Å²) in [5, 5.41) is 15.8. The van der Waals surface area contributed by atoms with E-state index in [0.29, 0.717) is 40.1 Å². The Balaban J connectivity index is 1.57. The van der Waals surface area contributed by atoms with Crippen molar-refractivity contribution in [3.63, 3.8) is 0 Å². The fourth-order valence-electron chi connectivity index (χ4n) is 7.17. The van der Waals surface area contributed by atoms with Crippen LogP contribution in [0.1, 0.15) is 66.0 Å². The van der Waals surface area contributed by atoms with Gasteiger partial charge in [0.2, 0.25) is 0 Å². The maximum atomic E-state index is 15.0. The molecular weight excluding hydrogens is 461 g/mol. The molecule has 36 heavy (non-hydrogen) atoms. The first kappa shape index (κ1) is 22.1. The molecule has 2 atom stereocenters. The van der Waals surface area contributed by atoms with Gasteiger partial charge in [-0.1, -0.05) is 6.92 Å². The molecule has 186 valence electrons. The van der Waals surface area contributed by atoms with E-state index in [0.717, 1.165) is 55.3 Å². The highest BCUT2D eigenvalue weighted by Gasteiger charge is 2.47. The Labute approximate surface area is 207 Å². The van der Waals surface area contributed by atoms with Crippen molar-refractivity contribution in [3.05, 3.63) is 61.7 Å². The lowest BCUT2D eigenvalue weighted by Crippen LogP contribution is -2.46. The van der Waals surface area contributed by atoms with E-state index in [-0.39, 0.29) is 29.8 Å². The van der Waals surface area contributed by atoms with Crippen LogP contribution in [-0.2, 0) is 40.1 Å². The number of fused-ring (bicyclic) bond motifs is 6. The third-order valence-electron chi connectivity index (χ3n) is 9.16. The molecule has 0 saturated carbocycles. The molecule has 5 heterocycles. The Kier molecular flexibility index (Phi) is 4.44. The lowest BCUT2D eigenvalue weighted by Gasteiger charge is -2.43. The molecule has 2 aromatic heterocycles. The smallest absolute Gasteiger partial charge is 0.343 e. The molecule has 1 unspecified atom stereocenters. The molecule has 1 spiro atoms. The Hall–Kier alpha value is -3.10. The van der Waals surface area contributed by atoms with Gasteiger partial charge in [0.25, 0.3) is 5.56 Å². The fourth-order valence-corrected chi connectivity index (χ4v) is 7.17. The van der Waals surface area contributed by atoms with Gasteiger partial charge in [-0.25, -0.2) is 14.2 Å². The number of cyclic esters (lactones) is 1. The van der Waals surface area contributed by atoms with Gasteiger partial charge in [0.1, 0.15) is 12.4 Å². The number of hydrogen-bond donors (Lipinski definition) is 2. The number of piperidine rings is 1. The number of benzene rings is 1. The maximum absolute atomic E-state index is 15.0. The number of nitrogens with zero attached hydrogens (tertiary/aromatic N) is 2. The molecule has 3 aromatic rings. The Morgan fingerprint density at radius 2 is 2.06 bits per heavy atom. The molecule has 7 nitrogen and oxygen atoms in total. The summed E-state index contributed by atoms with van der Waals surface area (Å²) in [5.41, 5.74) is 4.08. The zero-order valence-electron chi connectivity index (χ0n) is 20.5. The first-order valence-corrected chi connectivity index (χ1v) is 12.8. The minimum Gasteiger partial charge on any atom is -0.458 e. The average molecular weight is 490 g/mol. The summed E-state index contributed by atoms with van der Waals surface area (Å²) < 4.78 is 21.9. The van der Waals surface area contributed by atoms with Crippen LogP contribution in [0.3, 0.4) is 0 Å². The number of ether oxygens (including phenoxy) is 1. The number of aliphatic hydroxyl groups is 1. The van der Waals surface area contributed by atoms with E-state index in [2.05, 4.69) is 5.32 Å². The highest BCUT2D eigenvalue weighted by molar-refractivity contribution is 5.94. The first-order chi connectivity index (χ1) is 17.3. The number of hydrogen-bond acceptors (Lipinski definition) is 6. The molecule has 3 aliphatic heterocycles. The third-order valence-corrected chi connectivity index (χ3v) is 9.16. The van der Waals surface area contributed by atoms with Gasteiger partial charge in [-0.2, -0.15) is 0 Å². The number of carbonyl (C=O) groups excluding carboxylic acids is 1. The van der Waals surface area contributed by atoms with E-state index in [1.807, 2.05) is 6.92 Å². The van der Waals surface area contributed by atoms with Crippen molar-refractivity contribution in [2.75, 3.05) is 13.1 Å². The van der Waals surface area contributed by atoms with Gasteiger partial charge in [0.05, 0.1) is 29.0 Å². The second kappa shape index (κ2) is 7.23. The van der Waals surface area contributed by atoms with Crippen LogP contribution < -0.4 is 10.9 Å². The first-order valence-electron chi connectivity index (χ1n) is 12.8. The maximum Gasteiger partial charge on any atom is 0.343 e. The summed E-state index contributed by atoms with van der Waals surface area (Å²) in [6.07, 6.45) is 3.90. The van der Waals surface area contributed by atoms with Crippen molar-refractivity contribution in [3.8, 4) is 11.4 Å². The Morgan fingerprint density at radius 1 is 1.22 bits per heavy atom. The molecule has 0 amide bonds. The van der Waals surface area contributed by atoms with Gasteiger partial charge in [-0.3, -0.25) is 4.79 Å². The van der Waals surface area contributed by atoms with Gasteiger partial charge in [-0.15, -0.1) is 0 Å². The number of esters is 1. The molecule has 2 N–H and O–H groups in total. The molecule has 1 fully saturated rings. The second-order valence-electron chi connectivity index (χ2n) is 10.8. The summed E-state index contributed by atoms with van der Waals surface area (Å²) in [6, 6.07) is 3.25. The fraction of sp³-hybridized carbons (Fsp3) is 0.464. The van der Waals surface area contributed by atoms with Crippen molar-refractivity contribution in [1.29, 1.82) is 0 Å². The molecule has 1 aliphatic carbocycles. The van der Waals surface area contributed by atoms with Crippen molar-refractivity contribution >= 4 is 16.9 Å². The zero-order valence-corrected chi connectivity index (χ0v) is 20.5. The summed E-state index contributed by atoms with van der Waals surface area (Å²) >= 11 is 0. The Morgan fingerprint density at radius 3 is 2.81 bits per heavy atom.